The average Bonchev–Trinajstić information content (AvgIpc) is 2.35. The summed E-state index contributed by atoms with van der Waals surface area (Å²) in [7, 11) is 0. The average molecular weight is 247 g/mol. The molecule has 18 heavy (non-hydrogen) atoms. The summed E-state index contributed by atoms with van der Waals surface area (Å²) >= 11 is 0. The molecule has 0 radical (unpaired) electrons. The number of hydrogen-bond acceptors (Lipinski definition) is 5. The smallest absolute Gasteiger partial charge is 0.335 e. The Kier molecular flexibility index (Phi) is 2.96. The van der Waals surface area contributed by atoms with E-state index < -0.39 is 11.5 Å². The van der Waals surface area contributed by atoms with E-state index in [4.69, 9.17) is 15.6 Å². The van der Waals surface area contributed by atoms with Crippen molar-refractivity contribution in [3.63, 3.8) is 0 Å². The molecule has 2 rings (SSSR count). The van der Waals surface area contributed by atoms with Crippen LogP contribution < -0.4 is 16.0 Å². The number of carboxylic acids is 1. The van der Waals surface area contributed by atoms with Crippen LogP contribution in [-0.2, 0) is 0 Å². The molecule has 0 bridgehead atoms. The first-order valence-corrected chi connectivity index (χ1v) is 4.92. The summed E-state index contributed by atoms with van der Waals surface area (Å²) in [5.41, 5.74) is 4.86. The first-order valence-electron chi connectivity index (χ1n) is 4.92. The summed E-state index contributed by atoms with van der Waals surface area (Å²) in [5, 5.41) is 8.82. The van der Waals surface area contributed by atoms with Gasteiger partial charge in [0.05, 0.1) is 11.9 Å². The number of nitrogens with zero attached hydrogens (tertiary/aromatic N) is 1. The molecule has 7 heteroatoms. The molecule has 0 saturated heterocycles. The van der Waals surface area contributed by atoms with Crippen molar-refractivity contribution < 1.29 is 14.6 Å². The quantitative estimate of drug-likeness (QED) is 0.739. The van der Waals surface area contributed by atoms with E-state index in [1.165, 1.54) is 24.3 Å². The highest BCUT2D eigenvalue weighted by molar-refractivity contribution is 5.88. The number of anilines is 1. The molecule has 0 amide bonds. The van der Waals surface area contributed by atoms with Crippen molar-refractivity contribution in [3.8, 4) is 11.6 Å². The first kappa shape index (κ1) is 11.6. The fourth-order valence-corrected chi connectivity index (χ4v) is 1.28. The molecule has 0 aliphatic rings. The van der Waals surface area contributed by atoms with E-state index in [9.17, 15) is 9.59 Å². The van der Waals surface area contributed by atoms with Crippen molar-refractivity contribution in [2.24, 2.45) is 0 Å². The lowest BCUT2D eigenvalue weighted by Crippen LogP contribution is -2.13. The summed E-state index contributed by atoms with van der Waals surface area (Å²) < 4.78 is 5.26. The van der Waals surface area contributed by atoms with E-state index in [0.29, 0.717) is 0 Å². The molecular formula is C11H9N3O4. The summed E-state index contributed by atoms with van der Waals surface area (Å²) in [4.78, 5) is 28.0. The second kappa shape index (κ2) is 4.58. The summed E-state index contributed by atoms with van der Waals surface area (Å²) in [6, 6.07) is 5.78. The Morgan fingerprint density at radius 1 is 1.44 bits per heavy atom. The maximum atomic E-state index is 11.2. The van der Waals surface area contributed by atoms with Crippen LogP contribution in [0.5, 0.6) is 11.6 Å². The number of ether oxygens (including phenoxy) is 1. The van der Waals surface area contributed by atoms with E-state index >= 15 is 0 Å². The second-order valence-electron chi connectivity index (χ2n) is 3.39. The summed E-state index contributed by atoms with van der Waals surface area (Å²) in [5.74, 6) is -0.909. The zero-order valence-corrected chi connectivity index (χ0v) is 9.08. The standard InChI is InChI=1S/C11H9N3O4/c12-8-9(15)13-5-14-10(8)18-7-3-1-2-6(4-7)11(16)17/h1-5H,12H2,(H,16,17)(H,13,14,15). The Morgan fingerprint density at radius 3 is 2.94 bits per heavy atom. The molecule has 0 atom stereocenters. The van der Waals surface area contributed by atoms with Gasteiger partial charge in [0.25, 0.3) is 5.56 Å². The molecular weight excluding hydrogens is 238 g/mol. The minimum absolute atomic E-state index is 0.0657. The number of rotatable bonds is 3. The Morgan fingerprint density at radius 2 is 2.22 bits per heavy atom. The molecule has 0 saturated carbocycles. The van der Waals surface area contributed by atoms with Gasteiger partial charge in [-0.05, 0) is 18.2 Å². The van der Waals surface area contributed by atoms with Gasteiger partial charge < -0.3 is 20.6 Å². The molecule has 4 N–H and O–H groups in total. The Labute approximate surface area is 101 Å². The van der Waals surface area contributed by atoms with Gasteiger partial charge >= 0.3 is 5.97 Å². The maximum absolute atomic E-state index is 11.2. The predicted molar refractivity (Wildman–Crippen MR) is 62.7 cm³/mol. The topological polar surface area (TPSA) is 118 Å². The number of H-pyrrole nitrogens is 1. The number of aromatic amines is 1. The largest absolute Gasteiger partial charge is 0.478 e. The minimum atomic E-state index is -1.08. The zero-order valence-electron chi connectivity index (χ0n) is 9.08. The van der Waals surface area contributed by atoms with Gasteiger partial charge in [0.1, 0.15) is 5.75 Å². The highest BCUT2D eigenvalue weighted by Crippen LogP contribution is 2.22. The van der Waals surface area contributed by atoms with E-state index in [2.05, 4.69) is 9.97 Å². The van der Waals surface area contributed by atoms with E-state index in [1.54, 1.807) is 0 Å². The van der Waals surface area contributed by atoms with Crippen molar-refractivity contribution >= 4 is 11.7 Å². The monoisotopic (exact) mass is 247 g/mol. The third kappa shape index (κ3) is 2.29. The highest BCUT2D eigenvalue weighted by Gasteiger charge is 2.09. The van der Waals surface area contributed by atoms with E-state index in [-0.39, 0.29) is 22.9 Å². The van der Waals surface area contributed by atoms with E-state index in [1.807, 2.05) is 0 Å². The van der Waals surface area contributed by atoms with Crippen molar-refractivity contribution in [3.05, 3.63) is 46.5 Å². The first-order chi connectivity index (χ1) is 8.58. The summed E-state index contributed by atoms with van der Waals surface area (Å²) in [6.07, 6.45) is 1.15. The fourth-order valence-electron chi connectivity index (χ4n) is 1.28. The van der Waals surface area contributed by atoms with Crippen LogP contribution in [-0.4, -0.2) is 21.0 Å². The SMILES string of the molecule is Nc1c(Oc2cccc(C(=O)O)c2)nc[nH]c1=O. The molecule has 0 aliphatic heterocycles. The van der Waals surface area contributed by atoms with Crippen LogP contribution in [0.2, 0.25) is 0 Å². The molecule has 0 fully saturated rings. The number of nitrogens with two attached hydrogens (primary N) is 1. The van der Waals surface area contributed by atoms with Crippen LogP contribution in [0.1, 0.15) is 10.4 Å². The number of hydrogen-bond donors (Lipinski definition) is 3. The van der Waals surface area contributed by atoms with Gasteiger partial charge in [0.2, 0.25) is 5.88 Å². The molecule has 7 nitrogen and oxygen atoms in total. The Bertz CT molecular complexity index is 651. The van der Waals surface area contributed by atoms with Gasteiger partial charge in [-0.25, -0.2) is 9.78 Å². The second-order valence-corrected chi connectivity index (χ2v) is 3.39. The number of aromatic nitrogens is 2. The van der Waals surface area contributed by atoms with Gasteiger partial charge in [-0.15, -0.1) is 0 Å². The molecule has 0 spiro atoms. The predicted octanol–water partition coefficient (Wildman–Crippen LogP) is 0.843. The molecule has 1 heterocycles. The highest BCUT2D eigenvalue weighted by atomic mass is 16.5. The molecule has 0 unspecified atom stereocenters. The van der Waals surface area contributed by atoms with E-state index in [0.717, 1.165) is 6.33 Å². The number of aromatic carboxylic acids is 1. The van der Waals surface area contributed by atoms with Crippen molar-refractivity contribution in [2.45, 2.75) is 0 Å². The van der Waals surface area contributed by atoms with Gasteiger partial charge in [0, 0.05) is 0 Å². The molecule has 1 aromatic heterocycles. The lowest BCUT2D eigenvalue weighted by atomic mass is 10.2. The van der Waals surface area contributed by atoms with Crippen LogP contribution in [0.3, 0.4) is 0 Å². The molecule has 1 aromatic carbocycles. The number of benzene rings is 1. The van der Waals surface area contributed by atoms with Crippen LogP contribution in [0.25, 0.3) is 0 Å². The Hall–Kier alpha value is -2.83. The third-order valence-corrected chi connectivity index (χ3v) is 2.15. The number of carbonyl (C=O) groups is 1. The van der Waals surface area contributed by atoms with Crippen molar-refractivity contribution in [1.29, 1.82) is 0 Å². The van der Waals surface area contributed by atoms with Crippen LogP contribution in [0.4, 0.5) is 5.69 Å². The summed E-state index contributed by atoms with van der Waals surface area (Å²) in [6.45, 7) is 0. The van der Waals surface area contributed by atoms with Gasteiger partial charge in [-0.2, -0.15) is 0 Å². The number of nitrogens with one attached hydrogen (secondary N) is 1. The van der Waals surface area contributed by atoms with Crippen LogP contribution in [0, 0.1) is 0 Å². The third-order valence-electron chi connectivity index (χ3n) is 2.15. The van der Waals surface area contributed by atoms with Crippen LogP contribution in [0.15, 0.2) is 35.4 Å². The minimum Gasteiger partial charge on any atom is -0.478 e. The number of nitrogen functional groups attached to an aromatic ring is 1. The molecule has 0 aliphatic carbocycles. The normalized spacial score (nSPS) is 10.0. The lowest BCUT2D eigenvalue weighted by molar-refractivity contribution is 0.0696. The lowest BCUT2D eigenvalue weighted by Gasteiger charge is -2.06. The maximum Gasteiger partial charge on any atom is 0.335 e. The van der Waals surface area contributed by atoms with Gasteiger partial charge in [-0.3, -0.25) is 4.79 Å². The zero-order chi connectivity index (χ0) is 13.1. The van der Waals surface area contributed by atoms with Gasteiger partial charge in [0.15, 0.2) is 5.69 Å². The van der Waals surface area contributed by atoms with Crippen molar-refractivity contribution in [2.75, 3.05) is 5.73 Å². The Balaban J connectivity index is 2.34. The van der Waals surface area contributed by atoms with Crippen molar-refractivity contribution in [1.82, 2.24) is 9.97 Å². The van der Waals surface area contributed by atoms with Gasteiger partial charge in [-0.1, -0.05) is 6.07 Å². The molecule has 2 aromatic rings. The van der Waals surface area contributed by atoms with Crippen LogP contribution >= 0.6 is 0 Å². The number of carboxylic acid groups (broad SMARTS) is 1. The fraction of sp³-hybridized carbons (Fsp3) is 0. The molecule has 92 valence electrons.